The van der Waals surface area contributed by atoms with Gasteiger partial charge in [-0.3, -0.25) is 4.98 Å². The Bertz CT molecular complexity index is 1720. The summed E-state index contributed by atoms with van der Waals surface area (Å²) in [4.78, 5) is 4.73. The third kappa shape index (κ3) is 3.34. The lowest BCUT2D eigenvalue weighted by Crippen LogP contribution is -2.32. The van der Waals surface area contributed by atoms with Crippen molar-refractivity contribution in [2.24, 2.45) is 0 Å². The molecule has 0 atom stereocenters. The predicted molar refractivity (Wildman–Crippen MR) is 145 cm³/mol. The molecule has 166 valence electrons. The van der Waals surface area contributed by atoms with E-state index in [2.05, 4.69) is 97.1 Å². The lowest BCUT2D eigenvalue weighted by molar-refractivity contribution is 0.365. The maximum atomic E-state index is 5.80. The first-order valence-electron chi connectivity index (χ1n) is 12.0. The summed E-state index contributed by atoms with van der Waals surface area (Å²) in [5, 5.41) is 6.09. The highest BCUT2D eigenvalue weighted by Gasteiger charge is 2.29. The van der Waals surface area contributed by atoms with Crippen LogP contribution in [0, 0.1) is 0 Å². The van der Waals surface area contributed by atoms with Crippen LogP contribution in [0.15, 0.2) is 109 Å². The summed E-state index contributed by atoms with van der Waals surface area (Å²) in [5.74, 6) is 0. The molecule has 1 aliphatic heterocycles. The van der Waals surface area contributed by atoms with Crippen molar-refractivity contribution in [2.75, 3.05) is 13.2 Å². The fraction of sp³-hybridized carbons (Fsp3) is 0.0645. The second kappa shape index (κ2) is 8.35. The molecule has 7 rings (SSSR count). The standard InChI is InChI=1S/C31H22BNO2/c1-2-9-22-21(7-1)8-5-12-23(22)26-14-15-27(25-11-4-3-10-24(25)26)28-16-17-30(32-34-19-20-35-32)31-29(28)13-6-18-33-31/h1-18H,19-20H2. The maximum Gasteiger partial charge on any atom is 0.496 e. The fourth-order valence-corrected chi connectivity index (χ4v) is 5.39. The molecule has 1 fully saturated rings. The number of fused-ring (bicyclic) bond motifs is 3. The lowest BCUT2D eigenvalue weighted by atomic mass is 9.76. The number of rotatable bonds is 3. The Balaban J connectivity index is 1.47. The molecule has 0 N–H and O–H groups in total. The number of pyridine rings is 1. The van der Waals surface area contributed by atoms with E-state index in [4.69, 9.17) is 14.3 Å². The van der Waals surface area contributed by atoms with Gasteiger partial charge in [0.1, 0.15) is 0 Å². The summed E-state index contributed by atoms with van der Waals surface area (Å²) in [6.07, 6.45) is 1.84. The second-order valence-corrected chi connectivity index (χ2v) is 8.91. The summed E-state index contributed by atoms with van der Waals surface area (Å²) in [6.45, 7) is 1.22. The molecule has 0 unspecified atom stereocenters. The molecule has 0 spiro atoms. The molecule has 1 aliphatic rings. The number of benzene rings is 5. The Kier molecular flexibility index (Phi) is 4.86. The van der Waals surface area contributed by atoms with E-state index in [1.54, 1.807) is 0 Å². The van der Waals surface area contributed by atoms with Crippen molar-refractivity contribution in [1.82, 2.24) is 4.98 Å². The van der Waals surface area contributed by atoms with Gasteiger partial charge in [0.2, 0.25) is 0 Å². The molecule has 0 radical (unpaired) electrons. The van der Waals surface area contributed by atoms with Gasteiger partial charge in [0.15, 0.2) is 0 Å². The minimum atomic E-state index is -0.355. The molecule has 2 heterocycles. The first kappa shape index (κ1) is 20.4. The van der Waals surface area contributed by atoms with Crippen LogP contribution in [0.2, 0.25) is 0 Å². The minimum Gasteiger partial charge on any atom is -0.405 e. The van der Waals surface area contributed by atoms with Crippen LogP contribution in [0.1, 0.15) is 0 Å². The monoisotopic (exact) mass is 451 g/mol. The van der Waals surface area contributed by atoms with Crippen molar-refractivity contribution >= 4 is 45.0 Å². The van der Waals surface area contributed by atoms with Crippen LogP contribution in [-0.4, -0.2) is 25.3 Å². The molecule has 35 heavy (non-hydrogen) atoms. The van der Waals surface area contributed by atoms with E-state index in [1.165, 1.54) is 38.2 Å². The topological polar surface area (TPSA) is 31.4 Å². The Morgan fingerprint density at radius 1 is 0.514 bits per heavy atom. The molecule has 5 aromatic carbocycles. The van der Waals surface area contributed by atoms with Gasteiger partial charge in [0, 0.05) is 17.0 Å². The van der Waals surface area contributed by atoms with Crippen LogP contribution in [0.25, 0.3) is 54.7 Å². The van der Waals surface area contributed by atoms with Gasteiger partial charge in [-0.25, -0.2) is 0 Å². The van der Waals surface area contributed by atoms with E-state index < -0.39 is 0 Å². The molecule has 6 aromatic rings. The number of hydrogen-bond donors (Lipinski definition) is 0. The Labute approximate surface area is 204 Å². The van der Waals surface area contributed by atoms with Gasteiger partial charge in [-0.2, -0.15) is 0 Å². The van der Waals surface area contributed by atoms with Gasteiger partial charge in [-0.1, -0.05) is 97.1 Å². The van der Waals surface area contributed by atoms with Crippen LogP contribution >= 0.6 is 0 Å². The number of nitrogens with zero attached hydrogens (tertiary/aromatic N) is 1. The fourth-order valence-electron chi connectivity index (χ4n) is 5.39. The molecule has 1 aromatic heterocycles. The van der Waals surface area contributed by atoms with Gasteiger partial charge >= 0.3 is 7.12 Å². The molecule has 0 amide bonds. The lowest BCUT2D eigenvalue weighted by Gasteiger charge is -2.16. The average Bonchev–Trinajstić information content (AvgIpc) is 3.47. The van der Waals surface area contributed by atoms with Crippen LogP contribution in [0.4, 0.5) is 0 Å². The van der Waals surface area contributed by atoms with E-state index in [-0.39, 0.29) is 7.12 Å². The summed E-state index contributed by atoms with van der Waals surface area (Å²) in [6, 6.07) is 36.8. The summed E-state index contributed by atoms with van der Waals surface area (Å²) < 4.78 is 11.6. The van der Waals surface area contributed by atoms with Gasteiger partial charge in [-0.05, 0) is 49.9 Å². The van der Waals surface area contributed by atoms with Crippen molar-refractivity contribution in [3.05, 3.63) is 109 Å². The zero-order valence-electron chi connectivity index (χ0n) is 19.1. The molecular formula is C31H22BNO2. The maximum absolute atomic E-state index is 5.80. The Morgan fingerprint density at radius 3 is 1.86 bits per heavy atom. The van der Waals surface area contributed by atoms with Crippen molar-refractivity contribution in [3.8, 4) is 22.3 Å². The van der Waals surface area contributed by atoms with Crippen LogP contribution in [-0.2, 0) is 9.31 Å². The molecule has 0 aliphatic carbocycles. The summed E-state index contributed by atoms with van der Waals surface area (Å²) >= 11 is 0. The number of aromatic nitrogens is 1. The average molecular weight is 451 g/mol. The quantitative estimate of drug-likeness (QED) is 0.284. The second-order valence-electron chi connectivity index (χ2n) is 8.91. The van der Waals surface area contributed by atoms with Gasteiger partial charge in [0.05, 0.1) is 18.7 Å². The van der Waals surface area contributed by atoms with E-state index in [9.17, 15) is 0 Å². The van der Waals surface area contributed by atoms with E-state index >= 15 is 0 Å². The highest BCUT2D eigenvalue weighted by molar-refractivity contribution is 6.64. The number of hydrogen-bond acceptors (Lipinski definition) is 3. The summed E-state index contributed by atoms with van der Waals surface area (Å²) in [5.41, 5.74) is 6.77. The first-order chi connectivity index (χ1) is 17.4. The third-order valence-corrected chi connectivity index (χ3v) is 6.97. The zero-order chi connectivity index (χ0) is 23.2. The smallest absolute Gasteiger partial charge is 0.405 e. The van der Waals surface area contributed by atoms with E-state index in [0.717, 1.165) is 21.9 Å². The van der Waals surface area contributed by atoms with Crippen molar-refractivity contribution in [1.29, 1.82) is 0 Å². The normalized spacial score (nSPS) is 13.8. The summed E-state index contributed by atoms with van der Waals surface area (Å²) in [7, 11) is -0.355. The van der Waals surface area contributed by atoms with E-state index in [0.29, 0.717) is 13.2 Å². The van der Waals surface area contributed by atoms with Crippen LogP contribution in [0.5, 0.6) is 0 Å². The molecule has 0 bridgehead atoms. The predicted octanol–water partition coefficient (Wildman–Crippen LogP) is 6.62. The zero-order valence-corrected chi connectivity index (χ0v) is 19.1. The highest BCUT2D eigenvalue weighted by Crippen LogP contribution is 2.39. The largest absolute Gasteiger partial charge is 0.496 e. The van der Waals surface area contributed by atoms with Gasteiger partial charge in [-0.15, -0.1) is 0 Å². The van der Waals surface area contributed by atoms with Crippen LogP contribution in [0.3, 0.4) is 0 Å². The Hall–Kier alpha value is -3.99. The SMILES string of the molecule is c1ccc2c(-c3ccc(-c4ccc(B5OCCO5)c5ncccc45)c4ccccc34)cccc2c1. The van der Waals surface area contributed by atoms with Gasteiger partial charge in [0.25, 0.3) is 0 Å². The van der Waals surface area contributed by atoms with Crippen molar-refractivity contribution < 1.29 is 9.31 Å². The van der Waals surface area contributed by atoms with Crippen molar-refractivity contribution in [3.63, 3.8) is 0 Å². The third-order valence-electron chi connectivity index (χ3n) is 6.97. The van der Waals surface area contributed by atoms with Gasteiger partial charge < -0.3 is 9.31 Å². The van der Waals surface area contributed by atoms with Crippen molar-refractivity contribution in [2.45, 2.75) is 0 Å². The molecule has 4 heteroatoms. The Morgan fingerprint density at radius 2 is 1.09 bits per heavy atom. The van der Waals surface area contributed by atoms with E-state index in [1.807, 2.05) is 12.3 Å². The molecule has 0 saturated carbocycles. The first-order valence-corrected chi connectivity index (χ1v) is 12.0. The van der Waals surface area contributed by atoms with Crippen LogP contribution < -0.4 is 5.46 Å². The molecular weight excluding hydrogens is 429 g/mol. The highest BCUT2D eigenvalue weighted by atomic mass is 16.6. The molecule has 3 nitrogen and oxygen atoms in total. The minimum absolute atomic E-state index is 0.355. The molecule has 1 saturated heterocycles.